The normalized spacial score (nSPS) is 10.8. The zero-order valence-corrected chi connectivity index (χ0v) is 17.9. The summed E-state index contributed by atoms with van der Waals surface area (Å²) < 4.78 is 2.11. The minimum atomic E-state index is -0.186. The van der Waals surface area contributed by atoms with Crippen molar-refractivity contribution in [1.29, 1.82) is 10.5 Å². The van der Waals surface area contributed by atoms with E-state index in [0.29, 0.717) is 29.8 Å². The Kier molecular flexibility index (Phi) is 6.54. The Balaban J connectivity index is 2.17. The third-order valence-corrected chi connectivity index (χ3v) is 5.33. The molecule has 6 nitrogen and oxygen atoms in total. The Morgan fingerprint density at radius 2 is 1.87 bits per heavy atom. The van der Waals surface area contributed by atoms with Crippen molar-refractivity contribution in [3.8, 4) is 23.3 Å². The molecule has 0 aliphatic rings. The molecule has 0 amide bonds. The Labute approximate surface area is 181 Å². The van der Waals surface area contributed by atoms with Crippen molar-refractivity contribution in [2.75, 3.05) is 14.1 Å². The van der Waals surface area contributed by atoms with Gasteiger partial charge in [-0.3, -0.25) is 0 Å². The van der Waals surface area contributed by atoms with Crippen LogP contribution in [0.4, 0.5) is 0 Å². The number of hydrogen-bond donors (Lipinski definition) is 1. The third-order valence-electron chi connectivity index (χ3n) is 4.99. The monoisotopic (exact) mass is 419 g/mol. The van der Waals surface area contributed by atoms with Crippen molar-refractivity contribution in [1.82, 2.24) is 14.5 Å². The van der Waals surface area contributed by atoms with Gasteiger partial charge in [0.05, 0.1) is 29.5 Å². The molecule has 0 aliphatic heterocycles. The molecule has 1 N–H and O–H groups in total. The first-order chi connectivity index (χ1) is 14.4. The molecule has 152 valence electrons. The smallest absolute Gasteiger partial charge is 0.134 e. The fraction of sp³-hybridized carbons (Fsp3) is 0.261. The van der Waals surface area contributed by atoms with Crippen molar-refractivity contribution < 1.29 is 5.11 Å². The van der Waals surface area contributed by atoms with Crippen LogP contribution in [0.1, 0.15) is 33.6 Å². The van der Waals surface area contributed by atoms with Crippen molar-refractivity contribution >= 4 is 11.6 Å². The van der Waals surface area contributed by atoms with E-state index in [0.717, 1.165) is 28.1 Å². The van der Waals surface area contributed by atoms with Crippen LogP contribution in [0, 0.1) is 29.6 Å². The second-order valence-electron chi connectivity index (χ2n) is 7.36. The van der Waals surface area contributed by atoms with Crippen LogP contribution in [0.15, 0.2) is 36.5 Å². The highest BCUT2D eigenvalue weighted by molar-refractivity contribution is 6.30. The molecule has 2 aromatic heterocycles. The van der Waals surface area contributed by atoms with Crippen molar-refractivity contribution in [3.63, 3.8) is 0 Å². The average Bonchev–Trinajstić information content (AvgIpc) is 2.99. The molecule has 1 aromatic carbocycles. The number of aromatic nitrogens is 2. The van der Waals surface area contributed by atoms with Crippen LogP contribution in [0.5, 0.6) is 0 Å². The number of pyridine rings is 1. The summed E-state index contributed by atoms with van der Waals surface area (Å²) in [4.78, 5) is 6.20. The third kappa shape index (κ3) is 4.22. The second kappa shape index (κ2) is 9.11. The van der Waals surface area contributed by atoms with Crippen molar-refractivity contribution in [2.24, 2.45) is 0 Å². The molecule has 7 heteroatoms. The molecule has 3 aromatic rings. The van der Waals surface area contributed by atoms with Gasteiger partial charge in [0.1, 0.15) is 11.2 Å². The highest BCUT2D eigenvalue weighted by Crippen LogP contribution is 2.33. The van der Waals surface area contributed by atoms with Crippen molar-refractivity contribution in [3.05, 3.63) is 75.3 Å². The minimum Gasteiger partial charge on any atom is -0.392 e. The minimum absolute atomic E-state index is 0.186. The first-order valence-corrected chi connectivity index (χ1v) is 9.78. The van der Waals surface area contributed by atoms with E-state index in [-0.39, 0.29) is 11.8 Å². The quantitative estimate of drug-likeness (QED) is 0.613. The molecule has 3 rings (SSSR count). The summed E-state index contributed by atoms with van der Waals surface area (Å²) >= 11 is 6.04. The first kappa shape index (κ1) is 21.5. The summed E-state index contributed by atoms with van der Waals surface area (Å²) in [5.41, 5.74) is 6.27. The van der Waals surface area contributed by atoms with Gasteiger partial charge in [0.25, 0.3) is 0 Å². The van der Waals surface area contributed by atoms with Crippen molar-refractivity contribution in [2.45, 2.75) is 26.6 Å². The Hall–Kier alpha value is -3.16. The van der Waals surface area contributed by atoms with E-state index in [2.05, 4.69) is 21.7 Å². The van der Waals surface area contributed by atoms with Gasteiger partial charge in [-0.15, -0.1) is 0 Å². The summed E-state index contributed by atoms with van der Waals surface area (Å²) in [5, 5.41) is 28.9. The zero-order valence-electron chi connectivity index (χ0n) is 17.1. The van der Waals surface area contributed by atoms with Crippen LogP contribution in [-0.2, 0) is 19.7 Å². The van der Waals surface area contributed by atoms with Crippen LogP contribution in [-0.4, -0.2) is 33.7 Å². The molecule has 0 unspecified atom stereocenters. The molecule has 0 saturated heterocycles. The zero-order chi connectivity index (χ0) is 21.8. The maximum atomic E-state index is 10.00. The fourth-order valence-electron chi connectivity index (χ4n) is 3.58. The standard InChI is InChI=1S/C23H22ClN5O/c1-15-22(18-6-4-16(9-25)5-7-18)20(10-26)21(13-28(2)3)29(15)12-17-8-19(14-30)23(24)27-11-17/h4-8,11,30H,12-14H2,1-3H3. The molecule has 0 aliphatic carbocycles. The number of halogens is 1. The maximum Gasteiger partial charge on any atom is 0.134 e. The van der Waals surface area contributed by atoms with E-state index >= 15 is 0 Å². The Morgan fingerprint density at radius 3 is 2.43 bits per heavy atom. The van der Waals surface area contributed by atoms with E-state index < -0.39 is 0 Å². The molecule has 2 heterocycles. The summed E-state index contributed by atoms with van der Waals surface area (Å²) in [6.45, 7) is 2.89. The number of benzene rings is 1. The van der Waals surface area contributed by atoms with Crippen LogP contribution in [0.2, 0.25) is 5.15 Å². The fourth-order valence-corrected chi connectivity index (χ4v) is 3.75. The van der Waals surface area contributed by atoms with Crippen LogP contribution >= 0.6 is 11.6 Å². The van der Waals surface area contributed by atoms with E-state index in [1.807, 2.05) is 44.1 Å². The lowest BCUT2D eigenvalue weighted by atomic mass is 10.00. The molecule has 0 spiro atoms. The van der Waals surface area contributed by atoms with E-state index in [4.69, 9.17) is 16.9 Å². The number of aliphatic hydroxyl groups is 1. The average molecular weight is 420 g/mol. The maximum absolute atomic E-state index is 10.00. The molecule has 0 atom stereocenters. The van der Waals surface area contributed by atoms with Crippen LogP contribution < -0.4 is 0 Å². The van der Waals surface area contributed by atoms with Crippen LogP contribution in [0.25, 0.3) is 11.1 Å². The molecule has 0 radical (unpaired) electrons. The lowest BCUT2D eigenvalue weighted by Gasteiger charge is -2.16. The number of aliphatic hydroxyl groups excluding tert-OH is 1. The van der Waals surface area contributed by atoms with E-state index in [1.54, 1.807) is 18.3 Å². The van der Waals surface area contributed by atoms with Gasteiger partial charge in [-0.2, -0.15) is 10.5 Å². The van der Waals surface area contributed by atoms with E-state index in [9.17, 15) is 10.4 Å². The summed E-state index contributed by atoms with van der Waals surface area (Å²) in [7, 11) is 3.92. The Bertz CT molecular complexity index is 1150. The highest BCUT2D eigenvalue weighted by atomic mass is 35.5. The molecule has 0 bridgehead atoms. The van der Waals surface area contributed by atoms with Crippen LogP contribution in [0.3, 0.4) is 0 Å². The van der Waals surface area contributed by atoms with Gasteiger partial charge in [-0.25, -0.2) is 4.98 Å². The second-order valence-corrected chi connectivity index (χ2v) is 7.72. The first-order valence-electron chi connectivity index (χ1n) is 9.41. The number of hydrogen-bond acceptors (Lipinski definition) is 5. The van der Waals surface area contributed by atoms with E-state index in [1.165, 1.54) is 0 Å². The lowest BCUT2D eigenvalue weighted by molar-refractivity contribution is 0.281. The van der Waals surface area contributed by atoms with Gasteiger partial charge in [0, 0.05) is 36.1 Å². The number of nitriles is 2. The summed E-state index contributed by atoms with van der Waals surface area (Å²) in [6, 6.07) is 13.6. The van der Waals surface area contributed by atoms with Gasteiger partial charge >= 0.3 is 0 Å². The van der Waals surface area contributed by atoms with Gasteiger partial charge < -0.3 is 14.6 Å². The predicted molar refractivity (Wildman–Crippen MR) is 116 cm³/mol. The molecule has 0 fully saturated rings. The SMILES string of the molecule is Cc1c(-c2ccc(C#N)cc2)c(C#N)c(CN(C)C)n1Cc1cnc(Cl)c(CO)c1. The van der Waals surface area contributed by atoms with Gasteiger partial charge in [-0.05, 0) is 50.3 Å². The molecule has 30 heavy (non-hydrogen) atoms. The Morgan fingerprint density at radius 1 is 1.17 bits per heavy atom. The van der Waals surface area contributed by atoms with Gasteiger partial charge in [-0.1, -0.05) is 23.7 Å². The highest BCUT2D eigenvalue weighted by Gasteiger charge is 2.22. The van der Waals surface area contributed by atoms with Gasteiger partial charge in [0.15, 0.2) is 0 Å². The molecular weight excluding hydrogens is 398 g/mol. The predicted octanol–water partition coefficient (Wildman–Crippen LogP) is 3.86. The lowest BCUT2D eigenvalue weighted by Crippen LogP contribution is -2.17. The van der Waals surface area contributed by atoms with Gasteiger partial charge in [0.2, 0.25) is 0 Å². The number of nitrogens with zero attached hydrogens (tertiary/aromatic N) is 5. The topological polar surface area (TPSA) is 88.9 Å². The molecular formula is C23H22ClN5O. The largest absolute Gasteiger partial charge is 0.392 e. The molecule has 0 saturated carbocycles. The summed E-state index contributed by atoms with van der Waals surface area (Å²) in [6.07, 6.45) is 1.69. The summed E-state index contributed by atoms with van der Waals surface area (Å²) in [5.74, 6) is 0. The number of rotatable bonds is 6.